The standard InChI is InChI=1S/C5H8N2.2ClH.H2O/c6-4-5-2-1-3-7-5;;;/h5,7H,1-3H2;2*1H;1H2. The summed E-state index contributed by atoms with van der Waals surface area (Å²) in [5.41, 5.74) is 0. The molecule has 1 heterocycles. The second kappa shape index (κ2) is 8.99. The van der Waals surface area contributed by atoms with Gasteiger partial charge in [-0.05, 0) is 19.4 Å². The SMILES string of the molecule is Cl.Cl.N#CC1CCCN1.O. The van der Waals surface area contributed by atoms with E-state index in [2.05, 4.69) is 11.4 Å². The van der Waals surface area contributed by atoms with Crippen LogP contribution in [-0.4, -0.2) is 18.1 Å². The fourth-order valence-corrected chi connectivity index (χ4v) is 0.795. The van der Waals surface area contributed by atoms with E-state index < -0.39 is 0 Å². The van der Waals surface area contributed by atoms with Crippen LogP contribution in [0.4, 0.5) is 0 Å². The molecular formula is C5H12Cl2N2O. The number of hydrogen-bond donors (Lipinski definition) is 1. The molecule has 0 aromatic rings. The van der Waals surface area contributed by atoms with Crippen LogP contribution in [-0.2, 0) is 0 Å². The number of rotatable bonds is 0. The summed E-state index contributed by atoms with van der Waals surface area (Å²) in [5, 5.41) is 11.3. The number of nitriles is 1. The van der Waals surface area contributed by atoms with Crippen molar-refractivity contribution in [1.82, 2.24) is 5.32 Å². The molecule has 0 saturated carbocycles. The molecule has 3 N–H and O–H groups in total. The van der Waals surface area contributed by atoms with Crippen molar-refractivity contribution >= 4 is 24.8 Å². The molecule has 0 radical (unpaired) electrons. The summed E-state index contributed by atoms with van der Waals surface area (Å²) in [6.07, 6.45) is 2.20. The van der Waals surface area contributed by atoms with E-state index >= 15 is 0 Å². The Morgan fingerprint density at radius 2 is 2.00 bits per heavy atom. The molecule has 0 aromatic heterocycles. The third-order valence-electron chi connectivity index (χ3n) is 1.22. The second-order valence-electron chi connectivity index (χ2n) is 1.78. The van der Waals surface area contributed by atoms with Gasteiger partial charge >= 0.3 is 0 Å². The quantitative estimate of drug-likeness (QED) is 0.591. The predicted octanol–water partition coefficient (Wildman–Crippen LogP) is 0.281. The van der Waals surface area contributed by atoms with Crippen LogP contribution in [0.3, 0.4) is 0 Å². The summed E-state index contributed by atoms with van der Waals surface area (Å²) in [6.45, 7) is 1.03. The molecule has 0 bridgehead atoms. The lowest BCUT2D eigenvalue weighted by molar-refractivity contribution is 0.740. The predicted molar refractivity (Wildman–Crippen MR) is 44.7 cm³/mol. The molecule has 0 aromatic carbocycles. The normalized spacial score (nSPS) is 20.9. The lowest BCUT2D eigenvalue weighted by atomic mass is 10.2. The van der Waals surface area contributed by atoms with Gasteiger partial charge in [-0.25, -0.2) is 0 Å². The Hall–Kier alpha value is -0.0100. The number of hydrogen-bond acceptors (Lipinski definition) is 2. The smallest absolute Gasteiger partial charge is 0.0953 e. The van der Waals surface area contributed by atoms with Gasteiger partial charge in [0, 0.05) is 0 Å². The molecule has 0 aliphatic carbocycles. The van der Waals surface area contributed by atoms with E-state index in [0.717, 1.165) is 19.4 Å². The number of halogens is 2. The maximum absolute atomic E-state index is 8.25. The molecule has 1 unspecified atom stereocenters. The Balaban J connectivity index is -0.000000163. The summed E-state index contributed by atoms with van der Waals surface area (Å²) in [4.78, 5) is 0. The van der Waals surface area contributed by atoms with Crippen LogP contribution in [0.5, 0.6) is 0 Å². The zero-order valence-corrected chi connectivity index (χ0v) is 7.10. The van der Waals surface area contributed by atoms with E-state index in [0.29, 0.717) is 0 Å². The number of nitrogens with zero attached hydrogens (tertiary/aromatic N) is 1. The summed E-state index contributed by atoms with van der Waals surface area (Å²) < 4.78 is 0. The molecule has 5 heteroatoms. The largest absolute Gasteiger partial charge is 0.412 e. The summed E-state index contributed by atoms with van der Waals surface area (Å²) >= 11 is 0. The Morgan fingerprint density at radius 3 is 2.20 bits per heavy atom. The lowest BCUT2D eigenvalue weighted by Gasteiger charge is -1.91. The van der Waals surface area contributed by atoms with Gasteiger partial charge in [-0.3, -0.25) is 0 Å². The van der Waals surface area contributed by atoms with Crippen molar-refractivity contribution in [2.75, 3.05) is 6.54 Å². The first kappa shape index (κ1) is 16.5. The zero-order valence-electron chi connectivity index (χ0n) is 5.46. The molecule has 3 nitrogen and oxygen atoms in total. The van der Waals surface area contributed by atoms with Crippen LogP contribution in [0.2, 0.25) is 0 Å². The molecule has 1 rings (SSSR count). The first-order valence-electron chi connectivity index (χ1n) is 2.56. The highest BCUT2D eigenvalue weighted by Gasteiger charge is 2.10. The van der Waals surface area contributed by atoms with Gasteiger partial charge in [-0.1, -0.05) is 0 Å². The minimum Gasteiger partial charge on any atom is -0.412 e. The van der Waals surface area contributed by atoms with Crippen LogP contribution in [0.1, 0.15) is 12.8 Å². The molecular weight excluding hydrogens is 175 g/mol. The van der Waals surface area contributed by atoms with E-state index in [4.69, 9.17) is 5.26 Å². The molecule has 1 aliphatic heterocycles. The van der Waals surface area contributed by atoms with E-state index in [1.807, 2.05) is 0 Å². The highest BCUT2D eigenvalue weighted by atomic mass is 35.5. The van der Waals surface area contributed by atoms with Gasteiger partial charge in [0.25, 0.3) is 0 Å². The highest BCUT2D eigenvalue weighted by molar-refractivity contribution is 5.85. The average Bonchev–Trinajstić information content (AvgIpc) is 2.14. The van der Waals surface area contributed by atoms with Crippen LogP contribution >= 0.6 is 24.8 Å². The van der Waals surface area contributed by atoms with Gasteiger partial charge in [0.15, 0.2) is 0 Å². The van der Waals surface area contributed by atoms with Gasteiger partial charge in [-0.2, -0.15) is 5.26 Å². The van der Waals surface area contributed by atoms with Crippen molar-refractivity contribution < 1.29 is 5.48 Å². The van der Waals surface area contributed by atoms with Crippen LogP contribution < -0.4 is 5.32 Å². The molecule has 10 heavy (non-hydrogen) atoms. The fraction of sp³-hybridized carbons (Fsp3) is 0.800. The number of nitrogens with one attached hydrogen (secondary N) is 1. The van der Waals surface area contributed by atoms with E-state index in [-0.39, 0.29) is 36.3 Å². The lowest BCUT2D eigenvalue weighted by Crippen LogP contribution is -2.18. The molecule has 0 amide bonds. The van der Waals surface area contributed by atoms with Crippen molar-refractivity contribution in [2.24, 2.45) is 0 Å². The van der Waals surface area contributed by atoms with E-state index in [1.165, 1.54) is 0 Å². The Kier molecular flexibility index (Phi) is 14.9. The fourth-order valence-electron chi connectivity index (χ4n) is 0.795. The first-order valence-corrected chi connectivity index (χ1v) is 2.56. The van der Waals surface area contributed by atoms with Gasteiger partial charge in [0.05, 0.1) is 12.1 Å². The van der Waals surface area contributed by atoms with E-state index in [1.54, 1.807) is 0 Å². The summed E-state index contributed by atoms with van der Waals surface area (Å²) in [6, 6.07) is 2.31. The minimum absolute atomic E-state index is 0. The molecule has 1 aliphatic rings. The molecule has 62 valence electrons. The van der Waals surface area contributed by atoms with Crippen molar-refractivity contribution in [3.63, 3.8) is 0 Å². The van der Waals surface area contributed by atoms with Crippen molar-refractivity contribution in [3.8, 4) is 6.07 Å². The maximum atomic E-state index is 8.25. The average molecular weight is 187 g/mol. The monoisotopic (exact) mass is 186 g/mol. The van der Waals surface area contributed by atoms with Crippen molar-refractivity contribution in [1.29, 1.82) is 5.26 Å². The summed E-state index contributed by atoms with van der Waals surface area (Å²) in [5.74, 6) is 0. The minimum atomic E-state index is 0. The van der Waals surface area contributed by atoms with Crippen LogP contribution in [0.15, 0.2) is 0 Å². The van der Waals surface area contributed by atoms with Crippen LogP contribution in [0, 0.1) is 11.3 Å². The topological polar surface area (TPSA) is 67.3 Å². The highest BCUT2D eigenvalue weighted by Crippen LogP contribution is 2.01. The summed E-state index contributed by atoms with van der Waals surface area (Å²) in [7, 11) is 0. The van der Waals surface area contributed by atoms with Crippen molar-refractivity contribution in [2.45, 2.75) is 18.9 Å². The molecule has 1 atom stereocenters. The zero-order chi connectivity index (χ0) is 5.11. The van der Waals surface area contributed by atoms with Crippen molar-refractivity contribution in [3.05, 3.63) is 0 Å². The maximum Gasteiger partial charge on any atom is 0.0953 e. The van der Waals surface area contributed by atoms with Gasteiger partial charge < -0.3 is 10.8 Å². The van der Waals surface area contributed by atoms with E-state index in [9.17, 15) is 0 Å². The van der Waals surface area contributed by atoms with Gasteiger partial charge in [-0.15, -0.1) is 24.8 Å². The van der Waals surface area contributed by atoms with Gasteiger partial charge in [0.2, 0.25) is 0 Å². The second-order valence-corrected chi connectivity index (χ2v) is 1.78. The molecule has 0 spiro atoms. The first-order chi connectivity index (χ1) is 3.43. The Bertz CT molecular complexity index is 98.3. The molecule has 1 fully saturated rings. The third kappa shape index (κ3) is 4.83. The third-order valence-corrected chi connectivity index (χ3v) is 1.22. The van der Waals surface area contributed by atoms with Crippen LogP contribution in [0.25, 0.3) is 0 Å². The Labute approximate surface area is 72.9 Å². The van der Waals surface area contributed by atoms with Gasteiger partial charge in [0.1, 0.15) is 0 Å². The Morgan fingerprint density at radius 1 is 1.40 bits per heavy atom. The molecule has 1 saturated heterocycles.